The van der Waals surface area contributed by atoms with Crippen LogP contribution in [0.4, 0.5) is 11.5 Å². The monoisotopic (exact) mass is 256 g/mol. The number of nitrogens with zero attached hydrogens (tertiary/aromatic N) is 3. The van der Waals surface area contributed by atoms with E-state index < -0.39 is 0 Å². The predicted molar refractivity (Wildman–Crippen MR) is 79.4 cm³/mol. The summed E-state index contributed by atoms with van der Waals surface area (Å²) in [5.74, 6) is 0.593. The number of hydrogen-bond acceptors (Lipinski definition) is 4. The van der Waals surface area contributed by atoms with Gasteiger partial charge < -0.3 is 10.6 Å². The summed E-state index contributed by atoms with van der Waals surface area (Å²) in [5, 5.41) is 0. The molecule has 0 atom stereocenters. The van der Waals surface area contributed by atoms with E-state index in [1.807, 2.05) is 39.5 Å². The third kappa shape index (κ3) is 3.68. The minimum atomic E-state index is 0.593. The number of rotatable bonds is 4. The lowest BCUT2D eigenvalue weighted by molar-refractivity contribution is 0.904. The first-order valence-corrected chi connectivity index (χ1v) is 6.39. The van der Waals surface area contributed by atoms with Crippen LogP contribution in [0.5, 0.6) is 0 Å². The number of aromatic nitrogens is 2. The first-order valence-electron chi connectivity index (χ1n) is 6.39. The maximum absolute atomic E-state index is 5.76. The number of hydrogen-bond donors (Lipinski definition) is 1. The predicted octanol–water partition coefficient (Wildman–Crippen LogP) is 2.22. The smallest absolute Gasteiger partial charge is 0.123 e. The van der Waals surface area contributed by atoms with Gasteiger partial charge in [-0.3, -0.25) is 4.98 Å². The van der Waals surface area contributed by atoms with Crippen LogP contribution in [0, 0.1) is 6.92 Å². The van der Waals surface area contributed by atoms with Crippen molar-refractivity contribution in [2.75, 3.05) is 24.7 Å². The molecule has 0 fully saturated rings. The fraction of sp³-hybridized carbons (Fsp3) is 0.333. The quantitative estimate of drug-likeness (QED) is 0.911. The second-order valence-corrected chi connectivity index (χ2v) is 5.01. The van der Waals surface area contributed by atoms with Crippen LogP contribution in [-0.2, 0) is 12.8 Å². The topological polar surface area (TPSA) is 55.0 Å². The van der Waals surface area contributed by atoms with Crippen molar-refractivity contribution in [3.05, 3.63) is 47.4 Å². The highest BCUT2D eigenvalue weighted by Gasteiger charge is 2.02. The summed E-state index contributed by atoms with van der Waals surface area (Å²) < 4.78 is 0. The number of anilines is 2. The largest absolute Gasteiger partial charge is 0.384 e. The van der Waals surface area contributed by atoms with Crippen LogP contribution in [0.25, 0.3) is 0 Å². The normalized spacial score (nSPS) is 10.5. The van der Waals surface area contributed by atoms with Gasteiger partial charge in [0.05, 0.1) is 11.9 Å². The Balaban J connectivity index is 2.07. The summed E-state index contributed by atoms with van der Waals surface area (Å²) in [6.45, 7) is 2.04. The highest BCUT2D eigenvalue weighted by Crippen LogP contribution is 2.14. The van der Waals surface area contributed by atoms with Crippen molar-refractivity contribution in [2.45, 2.75) is 19.8 Å². The molecule has 0 aliphatic carbocycles. The van der Waals surface area contributed by atoms with Crippen LogP contribution in [0.15, 0.2) is 30.6 Å². The molecule has 2 heterocycles. The molecule has 4 nitrogen and oxygen atoms in total. The standard InChI is InChI=1S/C15H20N4/c1-11-6-13(18-15(16)7-11)5-4-12-8-14(19(2)3)10-17-9-12/h6-10H,4-5H2,1-3H3,(H2,16,18). The lowest BCUT2D eigenvalue weighted by atomic mass is 10.1. The average molecular weight is 256 g/mol. The number of aryl methyl sites for hydroxylation is 3. The molecule has 2 rings (SSSR count). The first-order chi connectivity index (χ1) is 9.04. The molecule has 4 heteroatoms. The molecule has 0 radical (unpaired) electrons. The molecule has 0 aromatic carbocycles. The minimum Gasteiger partial charge on any atom is -0.384 e. The van der Waals surface area contributed by atoms with E-state index >= 15 is 0 Å². The maximum atomic E-state index is 5.76. The Kier molecular flexibility index (Phi) is 4.00. The van der Waals surface area contributed by atoms with Gasteiger partial charge in [-0.05, 0) is 49.1 Å². The van der Waals surface area contributed by atoms with Crippen molar-refractivity contribution in [3.63, 3.8) is 0 Å². The number of nitrogen functional groups attached to an aromatic ring is 1. The van der Waals surface area contributed by atoms with Crippen molar-refractivity contribution in [1.29, 1.82) is 0 Å². The third-order valence-electron chi connectivity index (χ3n) is 3.01. The second-order valence-electron chi connectivity index (χ2n) is 5.01. The average Bonchev–Trinajstić information content (AvgIpc) is 2.35. The zero-order valence-electron chi connectivity index (χ0n) is 11.7. The maximum Gasteiger partial charge on any atom is 0.123 e. The third-order valence-corrected chi connectivity index (χ3v) is 3.01. The molecule has 2 N–H and O–H groups in total. The molecule has 0 aliphatic rings. The van der Waals surface area contributed by atoms with Gasteiger partial charge in [0.2, 0.25) is 0 Å². The SMILES string of the molecule is Cc1cc(N)nc(CCc2cncc(N(C)C)c2)c1. The van der Waals surface area contributed by atoms with Gasteiger partial charge in [0.15, 0.2) is 0 Å². The molecule has 0 unspecified atom stereocenters. The molecular weight excluding hydrogens is 236 g/mol. The Labute approximate surface area is 114 Å². The molecule has 0 aliphatic heterocycles. The summed E-state index contributed by atoms with van der Waals surface area (Å²) in [7, 11) is 4.03. The van der Waals surface area contributed by atoms with Crippen molar-refractivity contribution in [1.82, 2.24) is 9.97 Å². The van der Waals surface area contributed by atoms with Crippen molar-refractivity contribution >= 4 is 11.5 Å². The van der Waals surface area contributed by atoms with Gasteiger partial charge in [0.25, 0.3) is 0 Å². The molecule has 2 aromatic rings. The van der Waals surface area contributed by atoms with E-state index in [0.29, 0.717) is 5.82 Å². The molecule has 19 heavy (non-hydrogen) atoms. The van der Waals surface area contributed by atoms with Gasteiger partial charge in [-0.2, -0.15) is 0 Å². The van der Waals surface area contributed by atoms with Crippen LogP contribution in [0.3, 0.4) is 0 Å². The van der Waals surface area contributed by atoms with Crippen molar-refractivity contribution in [3.8, 4) is 0 Å². The van der Waals surface area contributed by atoms with Crippen molar-refractivity contribution < 1.29 is 0 Å². The lowest BCUT2D eigenvalue weighted by Gasteiger charge is -2.12. The number of nitrogens with two attached hydrogens (primary N) is 1. The minimum absolute atomic E-state index is 0.593. The van der Waals surface area contributed by atoms with Crippen LogP contribution in [0.2, 0.25) is 0 Å². The Morgan fingerprint density at radius 1 is 1.11 bits per heavy atom. The molecule has 2 aromatic heterocycles. The summed E-state index contributed by atoms with van der Waals surface area (Å²) in [5.41, 5.74) is 10.3. The highest BCUT2D eigenvalue weighted by atomic mass is 15.1. The molecule has 0 bridgehead atoms. The summed E-state index contributed by atoms with van der Waals surface area (Å²) in [6, 6.07) is 6.13. The van der Waals surface area contributed by atoms with Gasteiger partial charge >= 0.3 is 0 Å². The van der Waals surface area contributed by atoms with Crippen LogP contribution in [-0.4, -0.2) is 24.1 Å². The number of pyridine rings is 2. The van der Waals surface area contributed by atoms with E-state index in [2.05, 4.69) is 27.0 Å². The van der Waals surface area contributed by atoms with E-state index in [9.17, 15) is 0 Å². The van der Waals surface area contributed by atoms with E-state index in [4.69, 9.17) is 5.73 Å². The molecule has 0 saturated carbocycles. The fourth-order valence-corrected chi connectivity index (χ4v) is 2.02. The van der Waals surface area contributed by atoms with Crippen LogP contribution in [0.1, 0.15) is 16.8 Å². The Hall–Kier alpha value is -2.10. The zero-order chi connectivity index (χ0) is 13.8. The zero-order valence-corrected chi connectivity index (χ0v) is 11.7. The van der Waals surface area contributed by atoms with Gasteiger partial charge in [0.1, 0.15) is 5.82 Å². The van der Waals surface area contributed by atoms with Gasteiger partial charge in [-0.25, -0.2) is 4.98 Å². The Bertz CT molecular complexity index is 544. The van der Waals surface area contributed by atoms with E-state index in [-0.39, 0.29) is 0 Å². The Morgan fingerprint density at radius 3 is 2.58 bits per heavy atom. The molecular formula is C15H20N4. The summed E-state index contributed by atoms with van der Waals surface area (Å²) in [4.78, 5) is 10.7. The first kappa shape index (κ1) is 13.3. The van der Waals surface area contributed by atoms with Gasteiger partial charge in [0, 0.05) is 26.0 Å². The van der Waals surface area contributed by atoms with Gasteiger partial charge in [-0.15, -0.1) is 0 Å². The second kappa shape index (κ2) is 5.69. The van der Waals surface area contributed by atoms with E-state index in [0.717, 1.165) is 29.8 Å². The van der Waals surface area contributed by atoms with Crippen LogP contribution < -0.4 is 10.6 Å². The summed E-state index contributed by atoms with van der Waals surface area (Å²) in [6.07, 6.45) is 5.58. The molecule has 0 saturated heterocycles. The fourth-order valence-electron chi connectivity index (χ4n) is 2.02. The lowest BCUT2D eigenvalue weighted by Crippen LogP contribution is -2.09. The van der Waals surface area contributed by atoms with E-state index in [1.165, 1.54) is 5.56 Å². The Morgan fingerprint density at radius 2 is 1.89 bits per heavy atom. The highest BCUT2D eigenvalue weighted by molar-refractivity contribution is 5.44. The van der Waals surface area contributed by atoms with E-state index in [1.54, 1.807) is 0 Å². The molecule has 0 amide bonds. The van der Waals surface area contributed by atoms with Gasteiger partial charge in [-0.1, -0.05) is 0 Å². The van der Waals surface area contributed by atoms with Crippen LogP contribution >= 0.6 is 0 Å². The molecule has 100 valence electrons. The summed E-state index contributed by atoms with van der Waals surface area (Å²) >= 11 is 0. The molecule has 0 spiro atoms. The van der Waals surface area contributed by atoms with Crippen molar-refractivity contribution in [2.24, 2.45) is 0 Å².